The first-order valence-electron chi connectivity index (χ1n) is 8.54. The summed E-state index contributed by atoms with van der Waals surface area (Å²) < 4.78 is 0. The van der Waals surface area contributed by atoms with Crippen molar-refractivity contribution in [3.8, 4) is 0 Å². The van der Waals surface area contributed by atoms with E-state index >= 15 is 0 Å². The van der Waals surface area contributed by atoms with E-state index in [2.05, 4.69) is 10.6 Å². The third-order valence-electron chi connectivity index (χ3n) is 3.79. The van der Waals surface area contributed by atoms with Crippen LogP contribution in [-0.2, 0) is 17.8 Å². The zero-order chi connectivity index (χ0) is 19.1. The Morgan fingerprint density at radius 1 is 1.08 bits per heavy atom. The molecule has 0 aliphatic rings. The van der Waals surface area contributed by atoms with E-state index < -0.39 is 0 Å². The van der Waals surface area contributed by atoms with Crippen LogP contribution in [0.5, 0.6) is 0 Å². The van der Waals surface area contributed by atoms with Crippen LogP contribution in [-0.4, -0.2) is 18.4 Å². The number of hydrogen-bond donors (Lipinski definition) is 3. The Kier molecular flexibility index (Phi) is 7.18. The molecule has 0 saturated heterocycles. The minimum absolute atomic E-state index is 0.203. The first-order valence-corrected chi connectivity index (χ1v) is 8.92. The van der Waals surface area contributed by atoms with Gasteiger partial charge in [-0.15, -0.1) is 0 Å². The summed E-state index contributed by atoms with van der Waals surface area (Å²) in [6.07, 6.45) is 0.209. The summed E-state index contributed by atoms with van der Waals surface area (Å²) in [5, 5.41) is 6.08. The fourth-order valence-electron chi connectivity index (χ4n) is 2.38. The maximum Gasteiger partial charge on any atom is 0.253 e. The summed E-state index contributed by atoms with van der Waals surface area (Å²) in [5.74, 6) is -0.137. The van der Waals surface area contributed by atoms with E-state index in [-0.39, 0.29) is 18.2 Å². The van der Waals surface area contributed by atoms with Crippen molar-refractivity contribution in [2.45, 2.75) is 26.8 Å². The van der Waals surface area contributed by atoms with Crippen molar-refractivity contribution in [3.05, 3.63) is 64.2 Å². The lowest BCUT2D eigenvalue weighted by atomic mass is 10.1. The average molecular weight is 374 g/mol. The molecule has 0 radical (unpaired) electrons. The van der Waals surface area contributed by atoms with Crippen LogP contribution in [0.1, 0.15) is 35.3 Å². The molecule has 2 rings (SSSR count). The van der Waals surface area contributed by atoms with Gasteiger partial charge in [-0.2, -0.15) is 0 Å². The molecule has 0 unspecified atom stereocenters. The van der Waals surface area contributed by atoms with E-state index in [9.17, 15) is 9.59 Å². The second-order valence-electron chi connectivity index (χ2n) is 6.54. The summed E-state index contributed by atoms with van der Waals surface area (Å²) in [4.78, 5) is 24.8. The predicted octanol–water partition coefficient (Wildman–Crippen LogP) is 3.37. The summed E-state index contributed by atoms with van der Waals surface area (Å²) in [6, 6.07) is 12.4. The minimum Gasteiger partial charge on any atom is -0.352 e. The maximum absolute atomic E-state index is 12.4. The monoisotopic (exact) mass is 373 g/mol. The lowest BCUT2D eigenvalue weighted by Crippen LogP contribution is -2.28. The quantitative estimate of drug-likeness (QED) is 0.695. The number of carbonyl (C=O) groups excluding carboxylic acids is 2. The van der Waals surface area contributed by atoms with Crippen LogP contribution >= 0.6 is 11.6 Å². The molecule has 5 nitrogen and oxygen atoms in total. The normalized spacial score (nSPS) is 10.7. The standard InChI is InChI=1S/C20H24ClN3O2/c1-13(2)12-23-20(26)17-10-16(21)7-8-18(17)24-19(25)9-14-3-5-15(11-22)6-4-14/h3-8,10,13H,9,11-12,22H2,1-2H3,(H,23,26)(H,24,25). The van der Waals surface area contributed by atoms with Crippen LogP contribution in [0.3, 0.4) is 0 Å². The third-order valence-corrected chi connectivity index (χ3v) is 4.03. The molecule has 0 saturated carbocycles. The van der Waals surface area contributed by atoms with Gasteiger partial charge in [0, 0.05) is 18.1 Å². The number of halogens is 1. The molecule has 0 atom stereocenters. The summed E-state index contributed by atoms with van der Waals surface area (Å²) in [7, 11) is 0. The fraction of sp³-hybridized carbons (Fsp3) is 0.300. The van der Waals surface area contributed by atoms with Gasteiger partial charge in [0.05, 0.1) is 17.7 Å². The van der Waals surface area contributed by atoms with Gasteiger partial charge in [-0.1, -0.05) is 49.7 Å². The summed E-state index contributed by atoms with van der Waals surface area (Å²) in [6.45, 7) is 5.03. The lowest BCUT2D eigenvalue weighted by Gasteiger charge is -2.13. The van der Waals surface area contributed by atoms with Gasteiger partial charge in [0.1, 0.15) is 0 Å². The van der Waals surface area contributed by atoms with Gasteiger partial charge < -0.3 is 16.4 Å². The highest BCUT2D eigenvalue weighted by Gasteiger charge is 2.15. The molecule has 0 fully saturated rings. The van der Waals surface area contributed by atoms with Gasteiger partial charge >= 0.3 is 0 Å². The van der Waals surface area contributed by atoms with Crippen LogP contribution in [0, 0.1) is 5.92 Å². The summed E-state index contributed by atoms with van der Waals surface area (Å²) in [5.41, 5.74) is 8.26. The third kappa shape index (κ3) is 5.86. The first kappa shape index (κ1) is 19.9. The molecule has 0 aromatic heterocycles. The molecule has 2 amide bonds. The van der Waals surface area contributed by atoms with E-state index in [1.807, 2.05) is 38.1 Å². The van der Waals surface area contributed by atoms with Crippen molar-refractivity contribution in [1.29, 1.82) is 0 Å². The van der Waals surface area contributed by atoms with Gasteiger partial charge in [-0.25, -0.2) is 0 Å². The van der Waals surface area contributed by atoms with Gasteiger partial charge in [0.2, 0.25) is 5.91 Å². The van der Waals surface area contributed by atoms with E-state index in [1.165, 1.54) is 0 Å². The van der Waals surface area contributed by atoms with Crippen molar-refractivity contribution in [2.24, 2.45) is 11.7 Å². The second kappa shape index (κ2) is 9.36. The van der Waals surface area contributed by atoms with Gasteiger partial charge in [-0.05, 0) is 35.2 Å². The lowest BCUT2D eigenvalue weighted by molar-refractivity contribution is -0.115. The number of amides is 2. The van der Waals surface area contributed by atoms with E-state index in [0.717, 1.165) is 11.1 Å². The molecule has 0 aliphatic heterocycles. The molecule has 26 heavy (non-hydrogen) atoms. The molecule has 0 aliphatic carbocycles. The van der Waals surface area contributed by atoms with Crippen molar-refractivity contribution in [1.82, 2.24) is 5.32 Å². The van der Waals surface area contributed by atoms with Crippen LogP contribution in [0.2, 0.25) is 5.02 Å². The van der Waals surface area contributed by atoms with Crippen molar-refractivity contribution in [2.75, 3.05) is 11.9 Å². The first-order chi connectivity index (χ1) is 12.4. The Morgan fingerprint density at radius 2 is 1.73 bits per heavy atom. The maximum atomic E-state index is 12.4. The SMILES string of the molecule is CC(C)CNC(=O)c1cc(Cl)ccc1NC(=O)Cc1ccc(CN)cc1. The number of anilines is 1. The molecule has 4 N–H and O–H groups in total. The number of nitrogens with two attached hydrogens (primary N) is 1. The fourth-order valence-corrected chi connectivity index (χ4v) is 2.55. The predicted molar refractivity (Wildman–Crippen MR) is 105 cm³/mol. The van der Waals surface area contributed by atoms with Gasteiger partial charge in [0.15, 0.2) is 0 Å². The number of rotatable bonds is 7. The molecule has 6 heteroatoms. The molecule has 0 spiro atoms. The second-order valence-corrected chi connectivity index (χ2v) is 6.98. The van der Waals surface area contributed by atoms with Crippen LogP contribution in [0.4, 0.5) is 5.69 Å². The highest BCUT2D eigenvalue weighted by atomic mass is 35.5. The van der Waals surface area contributed by atoms with Crippen molar-refractivity contribution >= 4 is 29.1 Å². The molecular weight excluding hydrogens is 350 g/mol. The largest absolute Gasteiger partial charge is 0.352 e. The highest BCUT2D eigenvalue weighted by molar-refractivity contribution is 6.31. The Balaban J connectivity index is 2.09. The zero-order valence-electron chi connectivity index (χ0n) is 15.0. The van der Waals surface area contributed by atoms with Crippen LogP contribution in [0.25, 0.3) is 0 Å². The number of nitrogens with one attached hydrogen (secondary N) is 2. The van der Waals surface area contributed by atoms with Gasteiger partial charge in [0.25, 0.3) is 5.91 Å². The molecule has 0 bridgehead atoms. The van der Waals surface area contributed by atoms with Gasteiger partial charge in [-0.3, -0.25) is 9.59 Å². The molecule has 2 aromatic rings. The smallest absolute Gasteiger partial charge is 0.253 e. The Hall–Kier alpha value is -2.37. The number of hydrogen-bond acceptors (Lipinski definition) is 3. The van der Waals surface area contributed by atoms with E-state index in [1.54, 1.807) is 18.2 Å². The number of benzene rings is 2. The van der Waals surface area contributed by atoms with E-state index in [4.69, 9.17) is 17.3 Å². The Labute approximate surface area is 158 Å². The minimum atomic E-state index is -0.260. The summed E-state index contributed by atoms with van der Waals surface area (Å²) >= 11 is 6.02. The molecular formula is C20H24ClN3O2. The molecule has 2 aromatic carbocycles. The zero-order valence-corrected chi connectivity index (χ0v) is 15.8. The topological polar surface area (TPSA) is 84.2 Å². The number of carbonyl (C=O) groups is 2. The van der Waals surface area contributed by atoms with Crippen molar-refractivity contribution in [3.63, 3.8) is 0 Å². The van der Waals surface area contributed by atoms with Crippen LogP contribution in [0.15, 0.2) is 42.5 Å². The highest BCUT2D eigenvalue weighted by Crippen LogP contribution is 2.21. The van der Waals surface area contributed by atoms with Crippen molar-refractivity contribution < 1.29 is 9.59 Å². The average Bonchev–Trinajstić information content (AvgIpc) is 2.61. The van der Waals surface area contributed by atoms with Crippen LogP contribution < -0.4 is 16.4 Å². The Morgan fingerprint density at radius 3 is 2.35 bits per heavy atom. The van der Waals surface area contributed by atoms with E-state index in [0.29, 0.717) is 35.3 Å². The molecule has 138 valence electrons. The molecule has 0 heterocycles. The Bertz CT molecular complexity index is 773.